The summed E-state index contributed by atoms with van der Waals surface area (Å²) in [7, 11) is 2.12. The van der Waals surface area contributed by atoms with Gasteiger partial charge in [0.1, 0.15) is 0 Å². The SMILES string of the molecule is CN(Cc1ccccc1)CC(N)C(C)(C)C. The lowest BCUT2D eigenvalue weighted by atomic mass is 9.87. The van der Waals surface area contributed by atoms with Crippen molar-refractivity contribution < 1.29 is 0 Å². The van der Waals surface area contributed by atoms with Crippen LogP contribution in [-0.4, -0.2) is 24.5 Å². The average molecular weight is 220 g/mol. The molecule has 0 spiro atoms. The Labute approximate surface area is 99.5 Å². The Morgan fingerprint density at radius 3 is 2.25 bits per heavy atom. The van der Waals surface area contributed by atoms with Crippen LogP contribution < -0.4 is 5.73 Å². The number of hydrogen-bond donors (Lipinski definition) is 1. The van der Waals surface area contributed by atoms with E-state index in [0.29, 0.717) is 0 Å². The lowest BCUT2D eigenvalue weighted by Gasteiger charge is -2.31. The summed E-state index contributed by atoms with van der Waals surface area (Å²) in [6.07, 6.45) is 0. The fourth-order valence-corrected chi connectivity index (χ4v) is 1.57. The lowest BCUT2D eigenvalue weighted by molar-refractivity contribution is 0.222. The Hall–Kier alpha value is -0.860. The second-order valence-corrected chi connectivity index (χ2v) is 5.65. The Morgan fingerprint density at radius 2 is 1.75 bits per heavy atom. The van der Waals surface area contributed by atoms with Crippen LogP contribution in [0.3, 0.4) is 0 Å². The smallest absolute Gasteiger partial charge is 0.0231 e. The molecule has 1 atom stereocenters. The van der Waals surface area contributed by atoms with Gasteiger partial charge in [0, 0.05) is 19.1 Å². The zero-order chi connectivity index (χ0) is 12.2. The predicted octanol–water partition coefficient (Wildman–Crippen LogP) is 2.49. The first-order valence-electron chi connectivity index (χ1n) is 5.87. The van der Waals surface area contributed by atoms with Crippen LogP contribution in [0.1, 0.15) is 26.3 Å². The first-order chi connectivity index (χ1) is 7.39. The van der Waals surface area contributed by atoms with Gasteiger partial charge in [0.15, 0.2) is 0 Å². The van der Waals surface area contributed by atoms with Crippen molar-refractivity contribution in [2.24, 2.45) is 11.1 Å². The summed E-state index contributed by atoms with van der Waals surface area (Å²) in [6.45, 7) is 8.46. The largest absolute Gasteiger partial charge is 0.326 e. The summed E-state index contributed by atoms with van der Waals surface area (Å²) in [5.74, 6) is 0. The van der Waals surface area contributed by atoms with Gasteiger partial charge in [-0.2, -0.15) is 0 Å². The van der Waals surface area contributed by atoms with E-state index < -0.39 is 0 Å². The molecule has 2 heteroatoms. The fraction of sp³-hybridized carbons (Fsp3) is 0.571. The number of hydrogen-bond acceptors (Lipinski definition) is 2. The monoisotopic (exact) mass is 220 g/mol. The first kappa shape index (κ1) is 13.2. The highest BCUT2D eigenvalue weighted by molar-refractivity contribution is 5.14. The molecule has 0 radical (unpaired) electrons. The summed E-state index contributed by atoms with van der Waals surface area (Å²) in [6, 6.07) is 10.7. The zero-order valence-corrected chi connectivity index (χ0v) is 10.9. The molecule has 0 heterocycles. The molecule has 0 aliphatic heterocycles. The molecule has 90 valence electrons. The minimum Gasteiger partial charge on any atom is -0.326 e. The van der Waals surface area contributed by atoms with E-state index >= 15 is 0 Å². The van der Waals surface area contributed by atoms with Gasteiger partial charge in [0.2, 0.25) is 0 Å². The predicted molar refractivity (Wildman–Crippen MR) is 70.2 cm³/mol. The zero-order valence-electron chi connectivity index (χ0n) is 10.9. The third-order valence-corrected chi connectivity index (χ3v) is 2.92. The van der Waals surface area contributed by atoms with Crippen LogP contribution >= 0.6 is 0 Å². The van der Waals surface area contributed by atoms with E-state index in [9.17, 15) is 0 Å². The van der Waals surface area contributed by atoms with Crippen molar-refractivity contribution in [3.05, 3.63) is 35.9 Å². The topological polar surface area (TPSA) is 29.3 Å². The summed E-state index contributed by atoms with van der Waals surface area (Å²) in [4.78, 5) is 2.28. The summed E-state index contributed by atoms with van der Waals surface area (Å²) >= 11 is 0. The van der Waals surface area contributed by atoms with E-state index in [0.717, 1.165) is 13.1 Å². The van der Waals surface area contributed by atoms with Crippen molar-refractivity contribution in [3.8, 4) is 0 Å². The summed E-state index contributed by atoms with van der Waals surface area (Å²) < 4.78 is 0. The van der Waals surface area contributed by atoms with Crippen LogP contribution in [0, 0.1) is 5.41 Å². The third kappa shape index (κ3) is 4.33. The molecule has 16 heavy (non-hydrogen) atoms. The highest BCUT2D eigenvalue weighted by Gasteiger charge is 2.21. The molecule has 0 amide bonds. The normalized spacial score (nSPS) is 14.1. The van der Waals surface area contributed by atoms with Gasteiger partial charge in [-0.05, 0) is 18.0 Å². The molecule has 1 aromatic carbocycles. The Kier molecular flexibility index (Phi) is 4.51. The quantitative estimate of drug-likeness (QED) is 0.844. The minimum absolute atomic E-state index is 0.172. The molecule has 0 fully saturated rings. The molecule has 1 rings (SSSR count). The van der Waals surface area contributed by atoms with Crippen LogP contribution in [-0.2, 0) is 6.54 Å². The van der Waals surface area contributed by atoms with Gasteiger partial charge in [-0.15, -0.1) is 0 Å². The van der Waals surface area contributed by atoms with Crippen molar-refractivity contribution in [2.45, 2.75) is 33.4 Å². The van der Waals surface area contributed by atoms with E-state index in [1.807, 2.05) is 6.07 Å². The van der Waals surface area contributed by atoms with Crippen molar-refractivity contribution >= 4 is 0 Å². The van der Waals surface area contributed by atoms with Crippen molar-refractivity contribution in [1.82, 2.24) is 4.90 Å². The molecular weight excluding hydrogens is 196 g/mol. The van der Waals surface area contributed by atoms with Gasteiger partial charge in [-0.3, -0.25) is 0 Å². The molecule has 0 saturated heterocycles. The maximum Gasteiger partial charge on any atom is 0.0231 e. The Morgan fingerprint density at radius 1 is 1.19 bits per heavy atom. The Bertz CT molecular complexity index is 300. The highest BCUT2D eigenvalue weighted by Crippen LogP contribution is 2.18. The van der Waals surface area contributed by atoms with Crippen LogP contribution in [0.25, 0.3) is 0 Å². The molecule has 0 aliphatic rings. The number of benzene rings is 1. The van der Waals surface area contributed by atoms with Gasteiger partial charge >= 0.3 is 0 Å². The van der Waals surface area contributed by atoms with Crippen LogP contribution in [0.2, 0.25) is 0 Å². The number of nitrogens with two attached hydrogens (primary N) is 1. The van der Waals surface area contributed by atoms with E-state index in [4.69, 9.17) is 5.73 Å². The molecule has 2 nitrogen and oxygen atoms in total. The van der Waals surface area contributed by atoms with Crippen molar-refractivity contribution in [1.29, 1.82) is 0 Å². The van der Waals surface area contributed by atoms with E-state index in [1.54, 1.807) is 0 Å². The molecular formula is C14H24N2. The maximum atomic E-state index is 6.16. The maximum absolute atomic E-state index is 6.16. The van der Waals surface area contributed by atoms with E-state index in [1.165, 1.54) is 5.56 Å². The van der Waals surface area contributed by atoms with Crippen LogP contribution in [0.15, 0.2) is 30.3 Å². The molecule has 1 aromatic rings. The minimum atomic E-state index is 0.172. The van der Waals surface area contributed by atoms with Crippen molar-refractivity contribution in [2.75, 3.05) is 13.6 Å². The summed E-state index contributed by atoms with van der Waals surface area (Å²) in [5.41, 5.74) is 7.67. The van der Waals surface area contributed by atoms with Gasteiger partial charge in [-0.25, -0.2) is 0 Å². The van der Waals surface area contributed by atoms with Crippen molar-refractivity contribution in [3.63, 3.8) is 0 Å². The van der Waals surface area contributed by atoms with E-state index in [-0.39, 0.29) is 11.5 Å². The van der Waals surface area contributed by atoms with Crippen LogP contribution in [0.4, 0.5) is 0 Å². The lowest BCUT2D eigenvalue weighted by Crippen LogP contribution is -2.43. The molecule has 0 bridgehead atoms. The van der Waals surface area contributed by atoms with Gasteiger partial charge in [0.05, 0.1) is 0 Å². The standard InChI is InChI=1S/C14H24N2/c1-14(2,3)13(15)11-16(4)10-12-8-6-5-7-9-12/h5-9,13H,10-11,15H2,1-4H3. The Balaban J connectivity index is 2.45. The van der Waals surface area contributed by atoms with Gasteiger partial charge in [0.25, 0.3) is 0 Å². The number of rotatable bonds is 4. The van der Waals surface area contributed by atoms with E-state index in [2.05, 4.69) is 57.0 Å². The molecule has 0 aromatic heterocycles. The second-order valence-electron chi connectivity index (χ2n) is 5.65. The molecule has 2 N–H and O–H groups in total. The first-order valence-corrected chi connectivity index (χ1v) is 5.87. The highest BCUT2D eigenvalue weighted by atomic mass is 15.1. The van der Waals surface area contributed by atoms with Gasteiger partial charge in [-0.1, -0.05) is 51.1 Å². The average Bonchev–Trinajstić information content (AvgIpc) is 2.17. The third-order valence-electron chi connectivity index (χ3n) is 2.92. The molecule has 0 aliphatic carbocycles. The number of nitrogens with zero attached hydrogens (tertiary/aromatic N) is 1. The van der Waals surface area contributed by atoms with Crippen LogP contribution in [0.5, 0.6) is 0 Å². The molecule has 0 saturated carbocycles. The second kappa shape index (κ2) is 5.46. The summed E-state index contributed by atoms with van der Waals surface area (Å²) in [5, 5.41) is 0. The number of likely N-dealkylation sites (N-methyl/N-ethyl adjacent to an activating group) is 1. The fourth-order valence-electron chi connectivity index (χ4n) is 1.57. The molecule has 1 unspecified atom stereocenters. The van der Waals surface area contributed by atoms with Gasteiger partial charge < -0.3 is 10.6 Å².